The van der Waals surface area contributed by atoms with E-state index in [0.717, 1.165) is 35.6 Å². The number of nitrogens with zero attached hydrogens (tertiary/aromatic N) is 2. The van der Waals surface area contributed by atoms with Crippen molar-refractivity contribution in [3.8, 4) is 11.3 Å². The van der Waals surface area contributed by atoms with Crippen molar-refractivity contribution in [1.29, 1.82) is 0 Å². The van der Waals surface area contributed by atoms with Gasteiger partial charge in [-0.15, -0.1) is 0 Å². The van der Waals surface area contributed by atoms with Gasteiger partial charge in [0.15, 0.2) is 10.9 Å². The number of nitrogens with one attached hydrogen (secondary N) is 2. The normalized spacial score (nSPS) is 13.5. The summed E-state index contributed by atoms with van der Waals surface area (Å²) in [6.07, 6.45) is 0. The molecule has 1 fully saturated rings. The highest BCUT2D eigenvalue weighted by Gasteiger charge is 2.21. The number of amides is 2. The molecule has 9 heteroatoms. The molecular formula is C25H25ClN4O3S. The number of hydrogen-bond acceptors (Lipinski definition) is 5. The van der Waals surface area contributed by atoms with E-state index in [1.54, 1.807) is 25.1 Å². The smallest absolute Gasteiger partial charge is 0.293 e. The summed E-state index contributed by atoms with van der Waals surface area (Å²) in [7, 11) is 0. The number of aryl methyl sites for hydroxylation is 1. The van der Waals surface area contributed by atoms with Crippen molar-refractivity contribution >= 4 is 52.1 Å². The largest absolute Gasteiger partial charge is 0.451 e. The molecule has 0 radical (unpaired) electrons. The van der Waals surface area contributed by atoms with E-state index in [1.807, 2.05) is 48.2 Å². The number of carbonyl (C=O) groups excluding carboxylic acids is 2. The number of piperazine rings is 1. The Morgan fingerprint density at radius 2 is 1.76 bits per heavy atom. The van der Waals surface area contributed by atoms with E-state index in [0.29, 0.717) is 23.9 Å². The first-order chi connectivity index (χ1) is 16.3. The Kier molecular flexibility index (Phi) is 7.19. The number of thiocarbonyl (C=S) groups is 1. The van der Waals surface area contributed by atoms with Gasteiger partial charge in [-0.05, 0) is 55.0 Å². The molecule has 1 saturated heterocycles. The van der Waals surface area contributed by atoms with Crippen molar-refractivity contribution in [3.05, 3.63) is 70.9 Å². The number of halogens is 1. The third-order valence-corrected chi connectivity index (χ3v) is 6.34. The van der Waals surface area contributed by atoms with Crippen LogP contribution >= 0.6 is 23.8 Å². The lowest BCUT2D eigenvalue weighted by Gasteiger charge is -2.36. The first kappa shape index (κ1) is 23.8. The van der Waals surface area contributed by atoms with E-state index in [-0.39, 0.29) is 16.8 Å². The highest BCUT2D eigenvalue weighted by Crippen LogP contribution is 2.28. The van der Waals surface area contributed by atoms with E-state index in [9.17, 15) is 9.59 Å². The Labute approximate surface area is 208 Å². The van der Waals surface area contributed by atoms with Crippen LogP contribution in [0.15, 0.2) is 59.0 Å². The molecule has 4 rings (SSSR count). The quantitative estimate of drug-likeness (QED) is 0.510. The topological polar surface area (TPSA) is 77.8 Å². The minimum absolute atomic E-state index is 0.0847. The number of para-hydroxylation sites is 2. The fourth-order valence-electron chi connectivity index (χ4n) is 3.80. The maximum Gasteiger partial charge on any atom is 0.293 e. The molecular weight excluding hydrogens is 472 g/mol. The zero-order chi connectivity index (χ0) is 24.2. The summed E-state index contributed by atoms with van der Waals surface area (Å²) < 4.78 is 5.73. The average molecular weight is 497 g/mol. The summed E-state index contributed by atoms with van der Waals surface area (Å²) in [5.41, 5.74) is 3.49. The minimum Gasteiger partial charge on any atom is -0.451 e. The van der Waals surface area contributed by atoms with Crippen LogP contribution < -0.4 is 15.5 Å². The van der Waals surface area contributed by atoms with Gasteiger partial charge >= 0.3 is 0 Å². The summed E-state index contributed by atoms with van der Waals surface area (Å²) in [6, 6.07) is 16.6. The summed E-state index contributed by atoms with van der Waals surface area (Å²) >= 11 is 11.6. The third-order valence-electron chi connectivity index (χ3n) is 5.73. The van der Waals surface area contributed by atoms with Gasteiger partial charge in [-0.25, -0.2) is 0 Å². The second-order valence-electron chi connectivity index (χ2n) is 8.05. The number of rotatable bonds is 4. The molecule has 2 heterocycles. The van der Waals surface area contributed by atoms with Crippen molar-refractivity contribution in [1.82, 2.24) is 10.2 Å². The molecule has 34 heavy (non-hydrogen) atoms. The molecule has 0 spiro atoms. The molecule has 0 atom stereocenters. The number of carbonyl (C=O) groups is 2. The fraction of sp³-hybridized carbons (Fsp3) is 0.240. The van der Waals surface area contributed by atoms with Crippen LogP contribution in [0.2, 0.25) is 5.02 Å². The first-order valence-corrected chi connectivity index (χ1v) is 11.7. The van der Waals surface area contributed by atoms with E-state index in [2.05, 4.69) is 15.5 Å². The maximum absolute atomic E-state index is 12.7. The van der Waals surface area contributed by atoms with Gasteiger partial charge in [0.2, 0.25) is 5.91 Å². The molecule has 2 N–H and O–H groups in total. The SMILES string of the molecule is CC(=O)N1CCN(c2ccccc2NC(=S)NC(=O)c2ccc(-c3ccc(C)c(Cl)c3)o2)CC1. The zero-order valence-electron chi connectivity index (χ0n) is 18.9. The maximum atomic E-state index is 12.7. The highest BCUT2D eigenvalue weighted by molar-refractivity contribution is 7.80. The van der Waals surface area contributed by atoms with Gasteiger partial charge in [0, 0.05) is 43.7 Å². The second kappa shape index (κ2) is 10.3. The van der Waals surface area contributed by atoms with Gasteiger partial charge < -0.3 is 19.5 Å². The van der Waals surface area contributed by atoms with Gasteiger partial charge in [0.05, 0.1) is 11.4 Å². The Bertz CT molecular complexity index is 1230. The molecule has 1 aliphatic heterocycles. The van der Waals surface area contributed by atoms with Crippen molar-refractivity contribution < 1.29 is 14.0 Å². The van der Waals surface area contributed by atoms with Gasteiger partial charge in [-0.2, -0.15) is 0 Å². The number of furan rings is 1. The monoisotopic (exact) mass is 496 g/mol. The predicted octanol–water partition coefficient (Wildman–Crippen LogP) is 4.70. The van der Waals surface area contributed by atoms with Crippen molar-refractivity contribution in [3.63, 3.8) is 0 Å². The lowest BCUT2D eigenvalue weighted by molar-refractivity contribution is -0.129. The second-order valence-corrected chi connectivity index (χ2v) is 8.86. The van der Waals surface area contributed by atoms with E-state index < -0.39 is 5.91 Å². The van der Waals surface area contributed by atoms with Crippen LogP contribution in [0.4, 0.5) is 11.4 Å². The number of hydrogen-bond donors (Lipinski definition) is 2. The lowest BCUT2D eigenvalue weighted by atomic mass is 10.1. The van der Waals surface area contributed by atoms with Crippen LogP contribution in [0.5, 0.6) is 0 Å². The van der Waals surface area contributed by atoms with Gasteiger partial charge in [-0.3, -0.25) is 14.9 Å². The molecule has 176 valence electrons. The first-order valence-electron chi connectivity index (χ1n) is 10.9. The van der Waals surface area contributed by atoms with Crippen LogP contribution in [0.3, 0.4) is 0 Å². The standard InChI is InChI=1S/C25H25ClN4O3S/c1-16-7-8-18(15-19(16)26)22-9-10-23(33-22)24(32)28-25(34)27-20-5-3-4-6-21(20)30-13-11-29(12-14-30)17(2)31/h3-10,15H,11-14H2,1-2H3,(H2,27,28,32,34). The van der Waals surface area contributed by atoms with Crippen LogP contribution in [-0.2, 0) is 4.79 Å². The lowest BCUT2D eigenvalue weighted by Crippen LogP contribution is -2.48. The zero-order valence-corrected chi connectivity index (χ0v) is 20.5. The summed E-state index contributed by atoms with van der Waals surface area (Å²) in [5, 5.41) is 6.58. The summed E-state index contributed by atoms with van der Waals surface area (Å²) in [4.78, 5) is 28.3. The van der Waals surface area contributed by atoms with Crippen LogP contribution in [-0.4, -0.2) is 48.0 Å². The van der Waals surface area contributed by atoms with Gasteiger partial charge in [-0.1, -0.05) is 35.9 Å². The van der Waals surface area contributed by atoms with Crippen molar-refractivity contribution in [2.24, 2.45) is 0 Å². The number of benzene rings is 2. The molecule has 0 unspecified atom stereocenters. The molecule has 3 aromatic rings. The van der Waals surface area contributed by atoms with Crippen LogP contribution in [0.1, 0.15) is 23.0 Å². The Morgan fingerprint density at radius 3 is 2.47 bits per heavy atom. The Morgan fingerprint density at radius 1 is 1.03 bits per heavy atom. The molecule has 2 aromatic carbocycles. The molecule has 0 aliphatic carbocycles. The van der Waals surface area contributed by atoms with Crippen LogP contribution in [0.25, 0.3) is 11.3 Å². The van der Waals surface area contributed by atoms with Crippen LogP contribution in [0, 0.1) is 6.92 Å². The van der Waals surface area contributed by atoms with Crippen molar-refractivity contribution in [2.45, 2.75) is 13.8 Å². The Balaban J connectivity index is 1.40. The van der Waals surface area contributed by atoms with E-state index in [4.69, 9.17) is 28.2 Å². The number of anilines is 2. The van der Waals surface area contributed by atoms with Gasteiger partial charge in [0.1, 0.15) is 5.76 Å². The average Bonchev–Trinajstić information content (AvgIpc) is 3.32. The molecule has 7 nitrogen and oxygen atoms in total. The van der Waals surface area contributed by atoms with E-state index >= 15 is 0 Å². The third kappa shape index (κ3) is 5.40. The highest BCUT2D eigenvalue weighted by atomic mass is 35.5. The molecule has 2 amide bonds. The summed E-state index contributed by atoms with van der Waals surface area (Å²) in [6.45, 7) is 6.27. The van der Waals surface area contributed by atoms with E-state index in [1.165, 1.54) is 0 Å². The molecule has 1 aliphatic rings. The van der Waals surface area contributed by atoms with Gasteiger partial charge in [0.25, 0.3) is 5.91 Å². The molecule has 0 saturated carbocycles. The predicted molar refractivity (Wildman–Crippen MR) is 138 cm³/mol. The summed E-state index contributed by atoms with van der Waals surface area (Å²) in [5.74, 6) is 0.321. The minimum atomic E-state index is -0.450. The van der Waals surface area contributed by atoms with Crippen molar-refractivity contribution in [2.75, 3.05) is 36.4 Å². The fourth-order valence-corrected chi connectivity index (χ4v) is 4.18. The molecule has 1 aromatic heterocycles. The Hall–Kier alpha value is -3.36. The molecule has 0 bridgehead atoms.